The Balaban J connectivity index is 5.65. The van der Waals surface area contributed by atoms with E-state index in [1.165, 1.54) is 0 Å². The lowest BCUT2D eigenvalue weighted by molar-refractivity contribution is -0.143. The number of esters is 1. The van der Waals surface area contributed by atoms with E-state index in [9.17, 15) is 9.90 Å². The Hall–Kier alpha value is 1.47. The van der Waals surface area contributed by atoms with Crippen molar-refractivity contribution in [2.75, 3.05) is 19.8 Å². The van der Waals surface area contributed by atoms with Gasteiger partial charge in [0.05, 0.1) is 6.61 Å². The van der Waals surface area contributed by atoms with E-state index in [0.717, 1.165) is 0 Å². The molecule has 0 spiro atoms. The van der Waals surface area contributed by atoms with E-state index >= 15 is 0 Å². The summed E-state index contributed by atoms with van der Waals surface area (Å²) in [7, 11) is -33.7. The molecule has 29 heteroatoms. The summed E-state index contributed by atoms with van der Waals surface area (Å²) in [5, 5.41) is 10.3. The number of carbonyl (C=O) groups excluding carboxylic acids is 1. The van der Waals surface area contributed by atoms with Crippen molar-refractivity contribution < 1.29 is 68.8 Å². The van der Waals surface area contributed by atoms with Gasteiger partial charge in [-0.25, -0.2) is 4.79 Å². The van der Waals surface area contributed by atoms with Crippen LogP contribution in [0.3, 0.4) is 0 Å². The molecular weight excluding hydrogens is 1090 g/mol. The highest BCUT2D eigenvalue weighted by Gasteiger charge is 2.52. The van der Waals surface area contributed by atoms with Crippen molar-refractivity contribution in [1.29, 1.82) is 0 Å². The molecule has 2 atom stereocenters. The van der Waals surface area contributed by atoms with E-state index < -0.39 is 124 Å². The predicted octanol–water partition coefficient (Wildman–Crippen LogP) is 11.2. The molecule has 0 aliphatic carbocycles. The molecule has 0 aliphatic heterocycles. The zero-order valence-electron chi connectivity index (χ0n) is 48.5. The van der Waals surface area contributed by atoms with Crippen LogP contribution in [0.1, 0.15) is 34.1 Å². The molecule has 0 saturated heterocycles. The van der Waals surface area contributed by atoms with Crippen molar-refractivity contribution in [3.05, 3.63) is 12.2 Å². The summed E-state index contributed by atoms with van der Waals surface area (Å²) in [4.78, 5) is 11.6. The molecule has 0 aromatic rings. The third-order valence-electron chi connectivity index (χ3n) is 9.66. The summed E-state index contributed by atoms with van der Waals surface area (Å²) in [5.74, 6) is -0.538. The highest BCUT2D eigenvalue weighted by atomic mass is 28.5. The van der Waals surface area contributed by atoms with Gasteiger partial charge in [0, 0.05) is 12.2 Å². The van der Waals surface area contributed by atoms with Crippen LogP contribution in [0.5, 0.6) is 0 Å². The molecule has 0 bridgehead atoms. The highest BCUT2D eigenvalue weighted by Crippen LogP contribution is 2.39. The van der Waals surface area contributed by atoms with E-state index in [1.54, 1.807) is 6.92 Å². The van der Waals surface area contributed by atoms with Gasteiger partial charge in [-0.3, -0.25) is 0 Å². The van der Waals surface area contributed by atoms with Crippen molar-refractivity contribution in [2.45, 2.75) is 215 Å². The van der Waals surface area contributed by atoms with E-state index in [0.29, 0.717) is 19.1 Å². The van der Waals surface area contributed by atoms with Crippen LogP contribution in [0.2, 0.25) is 175 Å². The lowest BCUT2D eigenvalue weighted by Gasteiger charge is -2.46. The third-order valence-corrected chi connectivity index (χ3v) is 61.5. The summed E-state index contributed by atoms with van der Waals surface area (Å²) in [5.41, 5.74) is 0.280. The quantitative estimate of drug-likeness (QED) is 0.0285. The maximum atomic E-state index is 11.6. The number of aliphatic hydroxyl groups excluding tert-OH is 1. The van der Waals surface area contributed by atoms with E-state index in [-0.39, 0.29) is 23.8 Å². The van der Waals surface area contributed by atoms with E-state index in [1.807, 2.05) is 39.3 Å². The molecule has 0 aromatic carbocycles. The first-order valence-electron chi connectivity index (χ1n) is 24.1. The lowest BCUT2D eigenvalue weighted by Crippen LogP contribution is -2.63. The number of ether oxygens (including phenoxy) is 2. The highest BCUT2D eigenvalue weighted by molar-refractivity contribution is 6.94. The maximum Gasteiger partial charge on any atom is 0.333 e. The van der Waals surface area contributed by atoms with Crippen LogP contribution < -0.4 is 0 Å². The summed E-state index contributed by atoms with van der Waals surface area (Å²) in [6.07, 6.45) is -0.245. The fourth-order valence-corrected chi connectivity index (χ4v) is 73.1. The Morgan fingerprint density at radius 3 is 1.04 bits per heavy atom. The fourth-order valence-electron chi connectivity index (χ4n) is 8.51. The first-order valence-corrected chi connectivity index (χ1v) is 60.5. The molecule has 0 fully saturated rings. The molecule has 0 aliphatic rings. The zero-order valence-corrected chi connectivity index (χ0v) is 61.6. The Bertz CT molecular complexity index is 1610. The summed E-state index contributed by atoms with van der Waals surface area (Å²) in [6, 6.07) is 0.693. The van der Waals surface area contributed by atoms with Crippen LogP contribution >= 0.6 is 0 Å². The number of hydrogen-bond donors (Lipinski definition) is 1. The molecular formula is C39H102O16Si13. The van der Waals surface area contributed by atoms with Crippen LogP contribution in [0.4, 0.5) is 0 Å². The van der Waals surface area contributed by atoms with Gasteiger partial charge in [0.15, 0.2) is 17.4 Å². The number of hydrogen-bond acceptors (Lipinski definition) is 16. The second-order valence-corrected chi connectivity index (χ2v) is 71.7. The molecule has 0 radical (unpaired) electrons. The summed E-state index contributed by atoms with van der Waals surface area (Å²) >= 11 is 0. The van der Waals surface area contributed by atoms with Gasteiger partial charge in [-0.1, -0.05) is 27.4 Å². The average Bonchev–Trinajstić information content (AvgIpc) is 2.95. The second-order valence-electron chi connectivity index (χ2n) is 24.4. The number of aliphatic hydroxyl groups is 1. The van der Waals surface area contributed by atoms with Crippen LogP contribution in [0.15, 0.2) is 12.2 Å². The van der Waals surface area contributed by atoms with Crippen molar-refractivity contribution in [3.8, 4) is 0 Å². The Labute approximate surface area is 430 Å². The van der Waals surface area contributed by atoms with Crippen LogP contribution in [0, 0.1) is 0 Å². The minimum Gasteiger partial charge on any atom is -0.460 e. The van der Waals surface area contributed by atoms with Crippen molar-refractivity contribution in [3.63, 3.8) is 0 Å². The topological polar surface area (TPSA) is 167 Å². The molecule has 1 N–H and O–H groups in total. The number of carbonyl (C=O) groups is 1. The van der Waals surface area contributed by atoms with Gasteiger partial charge in [0.1, 0.15) is 12.7 Å². The summed E-state index contributed by atoms with van der Waals surface area (Å²) < 4.78 is 92.8. The lowest BCUT2D eigenvalue weighted by atomic mass is 10.2. The Kier molecular flexibility index (Phi) is 26.1. The minimum atomic E-state index is -2.82. The van der Waals surface area contributed by atoms with E-state index in [4.69, 9.17) is 58.9 Å². The van der Waals surface area contributed by atoms with Gasteiger partial charge in [-0.15, -0.1) is 0 Å². The SMILES string of the molecule is C=C(C)C(=O)OCC(O)COCCC[Si](C)(O[SiH](C)C)O[Si](C)(C)O[Si](C)(C)O[Si](C)(C)O[Si](C)(C)O[Si](C)(C)O[Si](C)(C)O[Si](C)(C)O[Si](C)(C)O[Si](C)(C)O[Si](C)(C)O[Si](C)(C)C(C)(C)C. The predicted molar refractivity (Wildman–Crippen MR) is 308 cm³/mol. The standard InChI is InChI=1S/C39H102O16Si13/c1-36(2)38(41)43-35-37(40)34-42-32-31-33-68(30,44-56(6)7)55-67(28,29)54-66(26,27)53-65(24,25)52-64(22,23)51-63(20,21)50-62(18,19)49-61(16,17)48-60(14,15)47-59(12,13)46-58(10,11)45-57(8,9)39(3,4)5/h37,40,56H,1,31-35H2,2-30H3. The van der Waals surface area contributed by atoms with Crippen LogP contribution in [0.25, 0.3) is 0 Å². The van der Waals surface area contributed by atoms with Crippen LogP contribution in [-0.2, 0) is 63.7 Å². The average molecular weight is 1190 g/mol. The normalized spacial score (nSPS) is 16.3. The van der Waals surface area contributed by atoms with Crippen molar-refractivity contribution in [1.82, 2.24) is 0 Å². The second kappa shape index (κ2) is 25.5. The fraction of sp³-hybridized carbons (Fsp3) is 0.923. The molecule has 0 amide bonds. The molecule has 0 aromatic heterocycles. The van der Waals surface area contributed by atoms with Crippen LogP contribution in [-0.4, -0.2) is 149 Å². The van der Waals surface area contributed by atoms with Gasteiger partial charge in [-0.2, -0.15) is 0 Å². The Morgan fingerprint density at radius 2 is 0.779 bits per heavy atom. The maximum absolute atomic E-state index is 11.6. The largest absolute Gasteiger partial charge is 0.460 e. The Morgan fingerprint density at radius 1 is 0.500 bits per heavy atom. The molecule has 0 rings (SSSR count). The van der Waals surface area contributed by atoms with Gasteiger partial charge in [0.2, 0.25) is 0 Å². The van der Waals surface area contributed by atoms with Crippen molar-refractivity contribution in [2.24, 2.45) is 0 Å². The third kappa shape index (κ3) is 30.1. The first kappa shape index (κ1) is 69.5. The number of rotatable bonds is 33. The monoisotopic (exact) mass is 1190 g/mol. The van der Waals surface area contributed by atoms with Gasteiger partial charge >= 0.3 is 100 Å². The summed E-state index contributed by atoms with van der Waals surface area (Å²) in [6.45, 7) is 64.3. The van der Waals surface area contributed by atoms with Gasteiger partial charge in [0.25, 0.3) is 0 Å². The molecule has 16 nitrogen and oxygen atoms in total. The van der Waals surface area contributed by atoms with Crippen molar-refractivity contribution >= 4 is 117 Å². The smallest absolute Gasteiger partial charge is 0.333 e. The molecule has 0 saturated carbocycles. The molecule has 2 unspecified atom stereocenters. The molecule has 0 heterocycles. The zero-order chi connectivity index (χ0) is 54.2. The van der Waals surface area contributed by atoms with Gasteiger partial charge in [-0.05, 0) is 188 Å². The first-order chi connectivity index (χ1) is 29.7. The minimum absolute atomic E-state index is 0.0490. The van der Waals surface area contributed by atoms with E-state index in [2.05, 4.69) is 152 Å². The molecule has 406 valence electrons. The van der Waals surface area contributed by atoms with Gasteiger partial charge < -0.3 is 64.0 Å². The molecule has 68 heavy (non-hydrogen) atoms.